The van der Waals surface area contributed by atoms with Crippen molar-refractivity contribution in [2.24, 2.45) is 0 Å². The summed E-state index contributed by atoms with van der Waals surface area (Å²) in [5.74, 6) is -0.673. The number of nitrogen functional groups attached to an aromatic ring is 1. The number of amides is 1. The predicted octanol–water partition coefficient (Wildman–Crippen LogP) is 3.06. The number of nitrogens with two attached hydrogens (primary N) is 1. The Labute approximate surface area is 116 Å². The van der Waals surface area contributed by atoms with Crippen LogP contribution >= 0.6 is 0 Å². The van der Waals surface area contributed by atoms with E-state index in [2.05, 4.69) is 5.32 Å². The van der Waals surface area contributed by atoms with Crippen LogP contribution in [0, 0.1) is 5.82 Å². The summed E-state index contributed by atoms with van der Waals surface area (Å²) >= 11 is 0. The predicted molar refractivity (Wildman–Crippen MR) is 76.4 cm³/mol. The van der Waals surface area contributed by atoms with Gasteiger partial charge in [0.15, 0.2) is 11.6 Å². The van der Waals surface area contributed by atoms with Crippen LogP contribution < -0.4 is 15.8 Å². The Kier molecular flexibility index (Phi) is 4.20. The number of benzene rings is 2. The molecule has 5 heteroatoms. The Bertz CT molecular complexity index is 612. The van der Waals surface area contributed by atoms with Crippen LogP contribution in [0.4, 0.5) is 15.8 Å². The second-order valence-electron chi connectivity index (χ2n) is 4.15. The summed E-state index contributed by atoms with van der Waals surface area (Å²) in [6, 6.07) is 10.8. The molecule has 0 bridgehead atoms. The smallest absolute Gasteiger partial charge is 0.255 e. The van der Waals surface area contributed by atoms with E-state index in [-0.39, 0.29) is 11.7 Å². The summed E-state index contributed by atoms with van der Waals surface area (Å²) in [6.45, 7) is 2.16. The van der Waals surface area contributed by atoms with Crippen LogP contribution in [0.5, 0.6) is 5.75 Å². The molecule has 4 nitrogen and oxygen atoms in total. The first kappa shape index (κ1) is 13.9. The number of halogens is 1. The number of ether oxygens (including phenoxy) is 1. The topological polar surface area (TPSA) is 64.3 Å². The fraction of sp³-hybridized carbons (Fsp3) is 0.133. The SMILES string of the molecule is CCOc1ccc(NC(=O)c2ccc(N)cc2)cc1F. The number of anilines is 2. The molecule has 0 aliphatic rings. The number of hydrogen-bond donors (Lipinski definition) is 2. The highest BCUT2D eigenvalue weighted by molar-refractivity contribution is 6.04. The van der Waals surface area contributed by atoms with Crippen molar-refractivity contribution in [3.8, 4) is 5.75 Å². The molecule has 20 heavy (non-hydrogen) atoms. The van der Waals surface area contributed by atoms with Crippen molar-refractivity contribution in [1.82, 2.24) is 0 Å². The third-order valence-electron chi connectivity index (χ3n) is 2.66. The lowest BCUT2D eigenvalue weighted by Crippen LogP contribution is -2.12. The summed E-state index contributed by atoms with van der Waals surface area (Å²) in [5.41, 5.74) is 6.95. The average Bonchev–Trinajstić information content (AvgIpc) is 2.42. The van der Waals surface area contributed by atoms with E-state index < -0.39 is 5.82 Å². The number of nitrogens with one attached hydrogen (secondary N) is 1. The second-order valence-corrected chi connectivity index (χ2v) is 4.15. The Morgan fingerprint density at radius 1 is 1.25 bits per heavy atom. The zero-order chi connectivity index (χ0) is 14.5. The normalized spacial score (nSPS) is 10.1. The van der Waals surface area contributed by atoms with E-state index in [0.29, 0.717) is 23.5 Å². The first-order chi connectivity index (χ1) is 9.60. The standard InChI is InChI=1S/C15H15FN2O2/c1-2-20-14-8-7-12(9-13(14)16)18-15(19)10-3-5-11(17)6-4-10/h3-9H,2,17H2,1H3,(H,18,19). The van der Waals surface area contributed by atoms with Crippen LogP contribution in [0.2, 0.25) is 0 Å². The van der Waals surface area contributed by atoms with Crippen LogP contribution in [0.15, 0.2) is 42.5 Å². The summed E-state index contributed by atoms with van der Waals surface area (Å²) in [6.07, 6.45) is 0. The first-order valence-corrected chi connectivity index (χ1v) is 6.19. The molecule has 2 rings (SSSR count). The van der Waals surface area contributed by atoms with E-state index in [9.17, 15) is 9.18 Å². The first-order valence-electron chi connectivity index (χ1n) is 6.19. The monoisotopic (exact) mass is 274 g/mol. The van der Waals surface area contributed by atoms with Gasteiger partial charge in [0, 0.05) is 23.0 Å². The average molecular weight is 274 g/mol. The lowest BCUT2D eigenvalue weighted by molar-refractivity contribution is 0.102. The van der Waals surface area contributed by atoms with Crippen LogP contribution in [-0.4, -0.2) is 12.5 Å². The van der Waals surface area contributed by atoms with E-state index >= 15 is 0 Å². The van der Waals surface area contributed by atoms with E-state index in [4.69, 9.17) is 10.5 Å². The number of rotatable bonds is 4. The van der Waals surface area contributed by atoms with E-state index in [1.807, 2.05) is 0 Å². The van der Waals surface area contributed by atoms with Crippen molar-refractivity contribution in [3.63, 3.8) is 0 Å². The zero-order valence-corrected chi connectivity index (χ0v) is 11.0. The van der Waals surface area contributed by atoms with Crippen LogP contribution in [0.25, 0.3) is 0 Å². The summed E-state index contributed by atoms with van der Waals surface area (Å²) in [7, 11) is 0. The third-order valence-corrected chi connectivity index (χ3v) is 2.66. The quantitative estimate of drug-likeness (QED) is 0.842. The van der Waals surface area contributed by atoms with Gasteiger partial charge in [-0.2, -0.15) is 0 Å². The maximum Gasteiger partial charge on any atom is 0.255 e. The maximum absolute atomic E-state index is 13.7. The van der Waals surface area contributed by atoms with Gasteiger partial charge in [-0.3, -0.25) is 4.79 Å². The molecule has 0 aliphatic carbocycles. The highest BCUT2D eigenvalue weighted by Gasteiger charge is 2.08. The zero-order valence-electron chi connectivity index (χ0n) is 11.0. The molecule has 0 saturated carbocycles. The maximum atomic E-state index is 13.7. The summed E-state index contributed by atoms with van der Waals surface area (Å²) in [5, 5.41) is 2.61. The van der Waals surface area contributed by atoms with Crippen molar-refractivity contribution in [3.05, 3.63) is 53.8 Å². The minimum Gasteiger partial charge on any atom is -0.491 e. The van der Waals surface area contributed by atoms with Crippen molar-refractivity contribution >= 4 is 17.3 Å². The van der Waals surface area contributed by atoms with Gasteiger partial charge in [0.1, 0.15) is 0 Å². The number of hydrogen-bond acceptors (Lipinski definition) is 3. The number of carbonyl (C=O) groups is 1. The highest BCUT2D eigenvalue weighted by atomic mass is 19.1. The molecule has 0 radical (unpaired) electrons. The fourth-order valence-corrected chi connectivity index (χ4v) is 1.69. The van der Waals surface area contributed by atoms with Crippen molar-refractivity contribution in [2.75, 3.05) is 17.7 Å². The summed E-state index contributed by atoms with van der Waals surface area (Å²) < 4.78 is 18.7. The third kappa shape index (κ3) is 3.26. The van der Waals surface area contributed by atoms with E-state index in [1.165, 1.54) is 12.1 Å². The van der Waals surface area contributed by atoms with Gasteiger partial charge in [0.2, 0.25) is 0 Å². The van der Waals surface area contributed by atoms with Gasteiger partial charge in [-0.1, -0.05) is 0 Å². The van der Waals surface area contributed by atoms with Gasteiger partial charge in [0.25, 0.3) is 5.91 Å². The second kappa shape index (κ2) is 6.06. The van der Waals surface area contributed by atoms with Gasteiger partial charge in [-0.25, -0.2) is 4.39 Å². The lowest BCUT2D eigenvalue weighted by atomic mass is 10.2. The molecule has 2 aromatic rings. The van der Waals surface area contributed by atoms with Gasteiger partial charge in [-0.15, -0.1) is 0 Å². The molecule has 104 valence electrons. The number of carbonyl (C=O) groups excluding carboxylic acids is 1. The van der Waals surface area contributed by atoms with Crippen molar-refractivity contribution in [2.45, 2.75) is 6.92 Å². The molecule has 0 heterocycles. The molecule has 0 unspecified atom stereocenters. The molecular formula is C15H15FN2O2. The van der Waals surface area contributed by atoms with Crippen molar-refractivity contribution < 1.29 is 13.9 Å². The highest BCUT2D eigenvalue weighted by Crippen LogP contribution is 2.21. The molecule has 1 amide bonds. The van der Waals surface area contributed by atoms with Crippen LogP contribution in [0.1, 0.15) is 17.3 Å². The molecule has 0 aromatic heterocycles. The molecule has 2 aromatic carbocycles. The van der Waals surface area contributed by atoms with E-state index in [1.54, 1.807) is 37.3 Å². The van der Waals surface area contributed by atoms with Crippen LogP contribution in [-0.2, 0) is 0 Å². The Morgan fingerprint density at radius 2 is 1.95 bits per heavy atom. The molecule has 0 fully saturated rings. The molecule has 0 saturated heterocycles. The molecule has 3 N–H and O–H groups in total. The molecule has 0 spiro atoms. The van der Waals surface area contributed by atoms with Gasteiger partial charge < -0.3 is 15.8 Å². The molecule has 0 aliphatic heterocycles. The Morgan fingerprint density at radius 3 is 2.55 bits per heavy atom. The van der Waals surface area contributed by atoms with Gasteiger partial charge in [0.05, 0.1) is 6.61 Å². The molecule has 0 atom stereocenters. The van der Waals surface area contributed by atoms with Crippen molar-refractivity contribution in [1.29, 1.82) is 0 Å². The fourth-order valence-electron chi connectivity index (χ4n) is 1.69. The minimum absolute atomic E-state index is 0.165. The molecular weight excluding hydrogens is 259 g/mol. The Hall–Kier alpha value is -2.56. The van der Waals surface area contributed by atoms with E-state index in [0.717, 1.165) is 0 Å². The van der Waals surface area contributed by atoms with Gasteiger partial charge >= 0.3 is 0 Å². The Balaban J connectivity index is 2.11. The lowest BCUT2D eigenvalue weighted by Gasteiger charge is -2.08. The van der Waals surface area contributed by atoms with Gasteiger partial charge in [-0.05, 0) is 43.3 Å². The van der Waals surface area contributed by atoms with Crippen LogP contribution in [0.3, 0.4) is 0 Å². The largest absolute Gasteiger partial charge is 0.491 e. The summed E-state index contributed by atoms with van der Waals surface area (Å²) in [4.78, 5) is 11.9. The minimum atomic E-state index is -0.512.